The van der Waals surface area contributed by atoms with Crippen molar-refractivity contribution in [2.45, 2.75) is 51.5 Å². The molecule has 1 saturated carbocycles. The lowest BCUT2D eigenvalue weighted by atomic mass is 9.83. The van der Waals surface area contributed by atoms with Gasteiger partial charge in [-0.25, -0.2) is 4.79 Å². The largest absolute Gasteiger partial charge is 0.477 e. The van der Waals surface area contributed by atoms with Crippen molar-refractivity contribution in [1.29, 1.82) is 0 Å². The number of rotatable bonds is 5. The van der Waals surface area contributed by atoms with Gasteiger partial charge in [-0.3, -0.25) is 4.79 Å². The molecule has 0 bridgehead atoms. The van der Waals surface area contributed by atoms with E-state index in [0.29, 0.717) is 42.1 Å². The van der Waals surface area contributed by atoms with Gasteiger partial charge in [-0.1, -0.05) is 43.0 Å². The van der Waals surface area contributed by atoms with Crippen LogP contribution in [-0.4, -0.2) is 52.8 Å². The zero-order valence-corrected chi connectivity index (χ0v) is 20.9. The Balaban J connectivity index is 1.73. The first kappa shape index (κ1) is 23.4. The van der Waals surface area contributed by atoms with Crippen molar-refractivity contribution in [2.75, 3.05) is 26.3 Å². The van der Waals surface area contributed by atoms with Gasteiger partial charge >= 0.3 is 5.97 Å². The van der Waals surface area contributed by atoms with Crippen molar-refractivity contribution in [3.05, 3.63) is 45.3 Å². The number of halogens is 1. The van der Waals surface area contributed by atoms with Crippen LogP contribution in [0.15, 0.2) is 24.3 Å². The zero-order chi connectivity index (χ0) is 23.8. The number of hydrogen-bond donors (Lipinski definition) is 1. The van der Waals surface area contributed by atoms with Gasteiger partial charge in [0.15, 0.2) is 0 Å². The van der Waals surface area contributed by atoms with Gasteiger partial charge in [0.05, 0.1) is 29.1 Å². The summed E-state index contributed by atoms with van der Waals surface area (Å²) in [7, 11) is 0. The normalized spacial score (nSPS) is 17.4. The molecule has 1 saturated heterocycles. The van der Waals surface area contributed by atoms with E-state index < -0.39 is 5.97 Å². The van der Waals surface area contributed by atoms with E-state index in [1.165, 1.54) is 36.2 Å². The molecule has 1 N–H and O–H groups in total. The number of aryl methyl sites for hydroxylation is 1. The summed E-state index contributed by atoms with van der Waals surface area (Å²) in [5, 5.41) is 10.5. The number of carbonyl (C=O) groups excluding carboxylic acids is 1. The fourth-order valence-electron chi connectivity index (χ4n) is 5.48. The predicted molar refractivity (Wildman–Crippen MR) is 135 cm³/mol. The number of hydrogen-bond acceptors (Lipinski definition) is 4. The van der Waals surface area contributed by atoms with Crippen LogP contribution in [0.25, 0.3) is 21.5 Å². The molecule has 0 radical (unpaired) electrons. The molecule has 0 spiro atoms. The summed E-state index contributed by atoms with van der Waals surface area (Å²) in [6.45, 7) is 4.30. The van der Waals surface area contributed by atoms with Gasteiger partial charge in [-0.05, 0) is 54.5 Å². The Morgan fingerprint density at radius 1 is 1.12 bits per heavy atom. The Morgan fingerprint density at radius 2 is 1.79 bits per heavy atom. The van der Waals surface area contributed by atoms with E-state index in [2.05, 4.69) is 4.57 Å². The van der Waals surface area contributed by atoms with Crippen LogP contribution in [-0.2, 0) is 16.1 Å². The number of ether oxygens (including phenoxy) is 1. The van der Waals surface area contributed by atoms with E-state index in [1.807, 2.05) is 36.1 Å². The smallest absolute Gasteiger partial charge is 0.346 e. The van der Waals surface area contributed by atoms with E-state index in [0.717, 1.165) is 39.9 Å². The minimum atomic E-state index is -0.910. The molecule has 3 heterocycles. The second-order valence-electron chi connectivity index (χ2n) is 9.22. The highest BCUT2D eigenvalue weighted by atomic mass is 35.5. The lowest BCUT2D eigenvalue weighted by Crippen LogP contribution is -2.42. The molecule has 0 atom stereocenters. The summed E-state index contributed by atoms with van der Waals surface area (Å²) in [4.78, 5) is 27.7. The van der Waals surface area contributed by atoms with Gasteiger partial charge in [-0.2, -0.15) is 0 Å². The minimum absolute atomic E-state index is 0.0353. The first-order valence-corrected chi connectivity index (χ1v) is 13.2. The first-order chi connectivity index (χ1) is 16.5. The molecule has 6 nitrogen and oxygen atoms in total. The van der Waals surface area contributed by atoms with Crippen molar-refractivity contribution in [3.63, 3.8) is 0 Å². The van der Waals surface area contributed by atoms with Gasteiger partial charge in [0.25, 0.3) is 0 Å². The molecule has 3 aromatic rings. The molecule has 2 aliphatic rings. The predicted octanol–water partition coefficient (Wildman–Crippen LogP) is 5.94. The third-order valence-corrected chi connectivity index (χ3v) is 8.69. The second kappa shape index (κ2) is 9.72. The molecular weight excluding hydrogens is 472 g/mol. The number of nitrogens with zero attached hydrogens (tertiary/aromatic N) is 2. The van der Waals surface area contributed by atoms with Crippen LogP contribution in [0.1, 0.15) is 58.8 Å². The number of aromatic carboxylic acids is 1. The monoisotopic (exact) mass is 500 g/mol. The van der Waals surface area contributed by atoms with E-state index >= 15 is 0 Å². The molecular formula is C26H29ClN2O4S. The summed E-state index contributed by atoms with van der Waals surface area (Å²) in [6.07, 6.45) is 5.73. The number of carboxylic acids is 1. The number of amides is 1. The van der Waals surface area contributed by atoms with Crippen LogP contribution in [0.2, 0.25) is 5.02 Å². The SMILES string of the molecule is Cc1c(C(=O)O)sc2c(C3CCCCC3)c(-c3ccc(Cl)cc3)n(CC(=O)N3CCOCC3)c12. The number of aromatic nitrogens is 1. The van der Waals surface area contributed by atoms with Gasteiger partial charge in [-0.15, -0.1) is 11.3 Å². The van der Waals surface area contributed by atoms with Gasteiger partial charge in [0.2, 0.25) is 5.91 Å². The maximum absolute atomic E-state index is 13.4. The zero-order valence-electron chi connectivity index (χ0n) is 19.3. The lowest BCUT2D eigenvalue weighted by Gasteiger charge is -2.28. The maximum atomic E-state index is 13.4. The molecule has 5 rings (SSSR count). The summed E-state index contributed by atoms with van der Waals surface area (Å²) in [5.74, 6) is -0.526. The summed E-state index contributed by atoms with van der Waals surface area (Å²) < 4.78 is 8.53. The van der Waals surface area contributed by atoms with Gasteiger partial charge in [0.1, 0.15) is 11.4 Å². The molecule has 0 unspecified atom stereocenters. The highest BCUT2D eigenvalue weighted by Crippen LogP contribution is 2.48. The molecule has 1 amide bonds. The Kier molecular flexibility index (Phi) is 6.69. The molecule has 8 heteroatoms. The fourth-order valence-corrected chi connectivity index (χ4v) is 6.88. The number of fused-ring (bicyclic) bond motifs is 1. The van der Waals surface area contributed by atoms with E-state index in [1.54, 1.807) is 0 Å². The Labute approximate surface area is 208 Å². The molecule has 1 aromatic carbocycles. The summed E-state index contributed by atoms with van der Waals surface area (Å²) in [5.41, 5.74) is 4.87. The Bertz CT molecular complexity index is 1220. The van der Waals surface area contributed by atoms with E-state index in [-0.39, 0.29) is 12.5 Å². The minimum Gasteiger partial charge on any atom is -0.477 e. The van der Waals surface area contributed by atoms with Crippen LogP contribution >= 0.6 is 22.9 Å². The van der Waals surface area contributed by atoms with Gasteiger partial charge in [0, 0.05) is 18.1 Å². The van der Waals surface area contributed by atoms with Crippen LogP contribution in [0, 0.1) is 6.92 Å². The van der Waals surface area contributed by atoms with Crippen LogP contribution < -0.4 is 0 Å². The average molecular weight is 501 g/mol. The van der Waals surface area contributed by atoms with Gasteiger partial charge < -0.3 is 19.3 Å². The molecule has 2 aromatic heterocycles. The van der Waals surface area contributed by atoms with Crippen molar-refractivity contribution in [1.82, 2.24) is 9.47 Å². The quantitative estimate of drug-likeness (QED) is 0.471. The van der Waals surface area contributed by atoms with Crippen molar-refractivity contribution >= 4 is 45.0 Å². The number of thiophene rings is 1. The van der Waals surface area contributed by atoms with Crippen LogP contribution in [0.4, 0.5) is 0 Å². The van der Waals surface area contributed by atoms with E-state index in [9.17, 15) is 14.7 Å². The van der Waals surface area contributed by atoms with Crippen LogP contribution in [0.3, 0.4) is 0 Å². The third-order valence-electron chi connectivity index (χ3n) is 7.14. The van der Waals surface area contributed by atoms with Crippen molar-refractivity contribution < 1.29 is 19.4 Å². The third kappa shape index (κ3) is 4.25. The fraction of sp³-hybridized carbons (Fsp3) is 0.462. The Morgan fingerprint density at radius 3 is 2.44 bits per heavy atom. The van der Waals surface area contributed by atoms with Crippen LogP contribution in [0.5, 0.6) is 0 Å². The molecule has 34 heavy (non-hydrogen) atoms. The van der Waals surface area contributed by atoms with E-state index in [4.69, 9.17) is 16.3 Å². The maximum Gasteiger partial charge on any atom is 0.346 e. The molecule has 2 fully saturated rings. The summed E-state index contributed by atoms with van der Waals surface area (Å²) >= 11 is 7.57. The van der Waals surface area contributed by atoms with Crippen molar-refractivity contribution in [2.24, 2.45) is 0 Å². The number of benzene rings is 1. The first-order valence-electron chi connectivity index (χ1n) is 12.0. The number of carbonyl (C=O) groups is 2. The Hall–Kier alpha value is -2.35. The molecule has 1 aliphatic carbocycles. The number of carboxylic acid groups (broad SMARTS) is 1. The number of morpholine rings is 1. The molecule has 180 valence electrons. The summed E-state index contributed by atoms with van der Waals surface area (Å²) in [6, 6.07) is 7.78. The standard InChI is InChI=1S/C26H29ClN2O4S/c1-16-22-25(34-24(16)26(31)32)21(17-5-3-2-4-6-17)23(18-7-9-19(27)10-8-18)29(22)15-20(30)28-11-13-33-14-12-28/h7-10,17H,2-6,11-15H2,1H3,(H,31,32). The lowest BCUT2D eigenvalue weighted by molar-refractivity contribution is -0.135. The highest BCUT2D eigenvalue weighted by Gasteiger charge is 2.32. The molecule has 1 aliphatic heterocycles. The highest BCUT2D eigenvalue weighted by molar-refractivity contribution is 7.21. The van der Waals surface area contributed by atoms with Crippen molar-refractivity contribution in [3.8, 4) is 11.3 Å². The average Bonchev–Trinajstić information content (AvgIpc) is 3.35. The topological polar surface area (TPSA) is 71.8 Å². The second-order valence-corrected chi connectivity index (χ2v) is 10.7.